The first-order valence-electron chi connectivity index (χ1n) is 9.87. The molecule has 5 atom stereocenters. The Hall–Kier alpha value is -2.99. The zero-order valence-electron chi connectivity index (χ0n) is 18.5. The van der Waals surface area contributed by atoms with Gasteiger partial charge >= 0.3 is 23.9 Å². The van der Waals surface area contributed by atoms with Crippen LogP contribution in [0.25, 0.3) is 0 Å². The van der Waals surface area contributed by atoms with Gasteiger partial charge in [0.1, 0.15) is 12.7 Å². The first-order chi connectivity index (χ1) is 15.0. The van der Waals surface area contributed by atoms with Crippen LogP contribution in [0.2, 0.25) is 0 Å². The molecule has 1 rings (SSSR count). The highest BCUT2D eigenvalue weighted by Crippen LogP contribution is 2.30. The van der Waals surface area contributed by atoms with Gasteiger partial charge in [0.05, 0.1) is 6.61 Å². The van der Waals surface area contributed by atoms with Crippen molar-refractivity contribution in [2.45, 2.75) is 64.8 Å². The van der Waals surface area contributed by atoms with E-state index in [4.69, 9.17) is 28.4 Å². The van der Waals surface area contributed by atoms with Crippen LogP contribution in [-0.2, 0) is 52.4 Å². The highest BCUT2D eigenvalue weighted by molar-refractivity contribution is 5.86. The molecule has 0 aromatic rings. The van der Waals surface area contributed by atoms with Crippen LogP contribution in [0.15, 0.2) is 12.7 Å². The fourth-order valence-electron chi connectivity index (χ4n) is 2.88. The number of amides is 1. The molecule has 0 aromatic heterocycles. The summed E-state index contributed by atoms with van der Waals surface area (Å²) in [4.78, 5) is 57.6. The summed E-state index contributed by atoms with van der Waals surface area (Å²) in [5.41, 5.74) is 0. The maximum atomic E-state index is 11.7. The van der Waals surface area contributed by atoms with Gasteiger partial charge in [0, 0.05) is 34.2 Å². The summed E-state index contributed by atoms with van der Waals surface area (Å²) in [6.07, 6.45) is -4.65. The zero-order chi connectivity index (χ0) is 24.3. The summed E-state index contributed by atoms with van der Waals surface area (Å²) >= 11 is 0. The smallest absolute Gasteiger partial charge is 0.303 e. The van der Waals surface area contributed by atoms with Crippen LogP contribution < -0.4 is 5.32 Å². The van der Waals surface area contributed by atoms with Crippen LogP contribution in [0.5, 0.6) is 0 Å². The molecule has 0 spiro atoms. The van der Waals surface area contributed by atoms with Gasteiger partial charge in [-0.15, -0.1) is 0 Å². The number of hydrogen-bond donors (Lipinski definition) is 1. The Morgan fingerprint density at radius 1 is 0.875 bits per heavy atom. The number of ether oxygens (including phenoxy) is 6. The van der Waals surface area contributed by atoms with Crippen molar-refractivity contribution in [2.24, 2.45) is 0 Å². The summed E-state index contributed by atoms with van der Waals surface area (Å²) < 4.78 is 32.2. The molecule has 1 N–H and O–H groups in total. The van der Waals surface area contributed by atoms with Gasteiger partial charge in [0.15, 0.2) is 24.6 Å². The molecule has 12 heteroatoms. The third-order valence-corrected chi connectivity index (χ3v) is 4.04. The molecule has 1 aliphatic heterocycles. The lowest BCUT2D eigenvalue weighted by molar-refractivity contribution is -0.308. The molecule has 180 valence electrons. The number of rotatable bonds is 11. The molecule has 1 aliphatic rings. The molecular weight excluding hydrogens is 430 g/mol. The van der Waals surface area contributed by atoms with E-state index in [9.17, 15) is 24.0 Å². The van der Waals surface area contributed by atoms with Crippen LogP contribution >= 0.6 is 0 Å². The second-order valence-corrected chi connectivity index (χ2v) is 6.79. The first kappa shape index (κ1) is 27.0. The van der Waals surface area contributed by atoms with E-state index in [1.165, 1.54) is 6.92 Å². The minimum atomic E-state index is -1.29. The standard InChI is InChI=1S/C20H29NO11/c1-6-16(26)21-8-7-9-27-20-19(31-14(5)25)18(30-13(4)24)17(29-12(3)23)15(32-20)10-28-11(2)22/h6,15,17-20H,1,7-10H2,2-5H3,(H,21,26)/t15-,17-,18+,19+,20+/m1/s1. The molecule has 0 saturated carbocycles. The van der Waals surface area contributed by atoms with E-state index in [-0.39, 0.29) is 25.7 Å². The number of nitrogens with one attached hydrogen (secondary N) is 1. The van der Waals surface area contributed by atoms with Crippen molar-refractivity contribution in [3.63, 3.8) is 0 Å². The Morgan fingerprint density at radius 3 is 1.97 bits per heavy atom. The van der Waals surface area contributed by atoms with Gasteiger partial charge in [0.25, 0.3) is 0 Å². The topological polar surface area (TPSA) is 153 Å². The Kier molecular flexibility index (Phi) is 11.3. The van der Waals surface area contributed by atoms with Crippen LogP contribution in [0.1, 0.15) is 34.1 Å². The van der Waals surface area contributed by atoms with Crippen LogP contribution in [0.3, 0.4) is 0 Å². The minimum absolute atomic E-state index is 0.0607. The molecule has 0 aliphatic carbocycles. The Bertz CT molecular complexity index is 708. The maximum Gasteiger partial charge on any atom is 0.303 e. The number of carbonyl (C=O) groups is 5. The third kappa shape index (κ3) is 9.43. The van der Waals surface area contributed by atoms with E-state index in [0.717, 1.165) is 26.8 Å². The van der Waals surface area contributed by atoms with Crippen molar-refractivity contribution < 1.29 is 52.4 Å². The predicted molar refractivity (Wildman–Crippen MR) is 106 cm³/mol. The van der Waals surface area contributed by atoms with E-state index in [1.807, 2.05) is 0 Å². The molecule has 0 aromatic carbocycles. The molecule has 32 heavy (non-hydrogen) atoms. The van der Waals surface area contributed by atoms with Gasteiger partial charge < -0.3 is 33.7 Å². The predicted octanol–water partition coefficient (Wildman–Crippen LogP) is -0.222. The second kappa shape index (κ2) is 13.4. The molecule has 1 amide bonds. The summed E-state index contributed by atoms with van der Waals surface area (Å²) in [6.45, 7) is 7.92. The maximum absolute atomic E-state index is 11.7. The highest BCUT2D eigenvalue weighted by Gasteiger charge is 2.52. The van der Waals surface area contributed by atoms with Gasteiger partial charge in [-0.25, -0.2) is 0 Å². The average molecular weight is 459 g/mol. The summed E-state index contributed by atoms with van der Waals surface area (Å²) in [6, 6.07) is 0. The monoisotopic (exact) mass is 459 g/mol. The Morgan fingerprint density at radius 2 is 1.44 bits per heavy atom. The molecule has 12 nitrogen and oxygen atoms in total. The van der Waals surface area contributed by atoms with Gasteiger partial charge in [-0.3, -0.25) is 24.0 Å². The fraction of sp³-hybridized carbons (Fsp3) is 0.650. The van der Waals surface area contributed by atoms with Gasteiger partial charge in [-0.2, -0.15) is 0 Å². The lowest BCUT2D eigenvalue weighted by atomic mass is 9.98. The summed E-state index contributed by atoms with van der Waals surface area (Å²) in [7, 11) is 0. The van der Waals surface area contributed by atoms with Crippen LogP contribution in [0.4, 0.5) is 0 Å². The number of hydrogen-bond acceptors (Lipinski definition) is 11. The van der Waals surface area contributed by atoms with Crippen molar-refractivity contribution in [3.05, 3.63) is 12.7 Å². The molecule has 0 bridgehead atoms. The third-order valence-electron chi connectivity index (χ3n) is 4.04. The molecule has 1 saturated heterocycles. The largest absolute Gasteiger partial charge is 0.463 e. The quantitative estimate of drug-likeness (QED) is 0.189. The van der Waals surface area contributed by atoms with Crippen LogP contribution in [0, 0.1) is 0 Å². The minimum Gasteiger partial charge on any atom is -0.463 e. The van der Waals surface area contributed by atoms with Crippen molar-refractivity contribution in [3.8, 4) is 0 Å². The zero-order valence-corrected chi connectivity index (χ0v) is 18.5. The second-order valence-electron chi connectivity index (χ2n) is 6.79. The van der Waals surface area contributed by atoms with Crippen LogP contribution in [-0.4, -0.2) is 80.2 Å². The van der Waals surface area contributed by atoms with E-state index < -0.39 is 54.6 Å². The fourth-order valence-corrected chi connectivity index (χ4v) is 2.88. The number of carbonyl (C=O) groups excluding carboxylic acids is 5. The Balaban J connectivity index is 3.08. The van der Waals surface area contributed by atoms with E-state index in [2.05, 4.69) is 11.9 Å². The molecular formula is C20H29NO11. The summed E-state index contributed by atoms with van der Waals surface area (Å²) in [5.74, 6) is -3.14. The van der Waals surface area contributed by atoms with Gasteiger partial charge in [-0.05, 0) is 12.5 Å². The van der Waals surface area contributed by atoms with E-state index in [1.54, 1.807) is 0 Å². The average Bonchev–Trinajstić information content (AvgIpc) is 2.69. The first-order valence-corrected chi connectivity index (χ1v) is 9.87. The number of esters is 4. The van der Waals surface area contributed by atoms with Crippen molar-refractivity contribution in [2.75, 3.05) is 19.8 Å². The van der Waals surface area contributed by atoms with E-state index in [0.29, 0.717) is 6.42 Å². The summed E-state index contributed by atoms with van der Waals surface area (Å²) in [5, 5.41) is 2.57. The Labute approximate surface area is 185 Å². The van der Waals surface area contributed by atoms with Crippen molar-refractivity contribution in [1.82, 2.24) is 5.32 Å². The van der Waals surface area contributed by atoms with Gasteiger partial charge in [0.2, 0.25) is 5.91 Å². The SMILES string of the molecule is C=CC(=O)NCCCO[C@H]1O[C@H](COC(C)=O)[C@@H](OC(C)=O)[C@H](OC(C)=O)[C@@H]1OC(C)=O. The van der Waals surface area contributed by atoms with Gasteiger partial charge in [-0.1, -0.05) is 6.58 Å². The molecule has 1 fully saturated rings. The van der Waals surface area contributed by atoms with Crippen molar-refractivity contribution in [1.29, 1.82) is 0 Å². The molecule has 0 unspecified atom stereocenters. The van der Waals surface area contributed by atoms with E-state index >= 15 is 0 Å². The molecule has 1 heterocycles. The lowest BCUT2D eigenvalue weighted by Crippen LogP contribution is -2.63. The highest BCUT2D eigenvalue weighted by atomic mass is 16.7. The normalized spacial score (nSPS) is 24.6. The molecule has 0 radical (unpaired) electrons. The van der Waals surface area contributed by atoms with Crippen molar-refractivity contribution >= 4 is 29.8 Å². The lowest BCUT2D eigenvalue weighted by Gasteiger charge is -2.44.